The number of piperidine rings is 1. The largest absolute Gasteiger partial charge is 0.480 e. The third kappa shape index (κ3) is 3.19. The average molecular weight is 268 g/mol. The van der Waals surface area contributed by atoms with Gasteiger partial charge >= 0.3 is 12.0 Å². The predicted octanol–water partition coefficient (Wildman–Crippen LogP) is 2.17. The lowest BCUT2D eigenvalue weighted by Crippen LogP contribution is -2.50. The van der Waals surface area contributed by atoms with Crippen LogP contribution in [0.1, 0.15) is 45.4 Å². The first-order valence-electron chi connectivity index (χ1n) is 7.41. The van der Waals surface area contributed by atoms with Gasteiger partial charge in [-0.3, -0.25) is 0 Å². The molecule has 0 spiro atoms. The van der Waals surface area contributed by atoms with Gasteiger partial charge in [0.15, 0.2) is 0 Å². The normalized spacial score (nSPS) is 24.8. The molecule has 108 valence electrons. The number of carboxylic acid groups (broad SMARTS) is 1. The smallest absolute Gasteiger partial charge is 0.326 e. The number of hydrogen-bond acceptors (Lipinski definition) is 2. The number of amides is 2. The fraction of sp³-hybridized carbons (Fsp3) is 0.857. The van der Waals surface area contributed by atoms with Gasteiger partial charge in [-0.2, -0.15) is 0 Å². The van der Waals surface area contributed by atoms with Crippen LogP contribution in [-0.4, -0.2) is 52.6 Å². The molecule has 1 unspecified atom stereocenters. The summed E-state index contributed by atoms with van der Waals surface area (Å²) in [4.78, 5) is 26.9. The number of aliphatic carboxylic acids is 1. The molecule has 2 heterocycles. The summed E-state index contributed by atoms with van der Waals surface area (Å²) in [6, 6.07) is -0.680. The van der Waals surface area contributed by atoms with E-state index >= 15 is 0 Å². The Morgan fingerprint density at radius 1 is 1.16 bits per heavy atom. The predicted molar refractivity (Wildman–Crippen MR) is 72.0 cm³/mol. The van der Waals surface area contributed by atoms with Gasteiger partial charge in [0, 0.05) is 19.6 Å². The summed E-state index contributed by atoms with van der Waals surface area (Å²) < 4.78 is 0. The van der Waals surface area contributed by atoms with Crippen molar-refractivity contribution < 1.29 is 14.7 Å². The van der Waals surface area contributed by atoms with E-state index < -0.39 is 12.0 Å². The van der Waals surface area contributed by atoms with Crippen molar-refractivity contribution in [2.24, 2.45) is 5.92 Å². The summed E-state index contributed by atoms with van der Waals surface area (Å²) in [7, 11) is 0. The second-order valence-corrected chi connectivity index (χ2v) is 5.69. The molecule has 2 amide bonds. The van der Waals surface area contributed by atoms with Crippen molar-refractivity contribution in [3.8, 4) is 0 Å². The third-order valence-corrected chi connectivity index (χ3v) is 4.37. The van der Waals surface area contributed by atoms with Crippen LogP contribution in [0.4, 0.5) is 4.79 Å². The second-order valence-electron chi connectivity index (χ2n) is 5.69. The molecule has 5 nitrogen and oxygen atoms in total. The van der Waals surface area contributed by atoms with E-state index in [1.54, 1.807) is 4.90 Å². The lowest BCUT2D eigenvalue weighted by molar-refractivity contribution is -0.141. The number of carbonyl (C=O) groups excluding carboxylic acids is 1. The van der Waals surface area contributed by atoms with Gasteiger partial charge in [0.25, 0.3) is 0 Å². The molecule has 19 heavy (non-hydrogen) atoms. The first-order valence-corrected chi connectivity index (χ1v) is 7.41. The van der Waals surface area contributed by atoms with Crippen LogP contribution in [0, 0.1) is 5.92 Å². The van der Waals surface area contributed by atoms with Crippen molar-refractivity contribution in [1.82, 2.24) is 9.80 Å². The molecule has 5 heteroatoms. The van der Waals surface area contributed by atoms with Crippen LogP contribution in [0.5, 0.6) is 0 Å². The van der Waals surface area contributed by atoms with Crippen molar-refractivity contribution in [3.63, 3.8) is 0 Å². The highest BCUT2D eigenvalue weighted by atomic mass is 16.4. The van der Waals surface area contributed by atoms with E-state index in [9.17, 15) is 9.59 Å². The average Bonchev–Trinajstić information content (AvgIpc) is 2.88. The SMILES string of the molecule is CCCC1CCN(C(=O)N2CCCC2C(=O)O)CC1. The molecule has 0 saturated carbocycles. The summed E-state index contributed by atoms with van der Waals surface area (Å²) in [5.41, 5.74) is 0. The van der Waals surface area contributed by atoms with E-state index in [1.807, 2.05) is 4.90 Å². The minimum absolute atomic E-state index is 0.0696. The van der Waals surface area contributed by atoms with Crippen molar-refractivity contribution in [1.29, 1.82) is 0 Å². The van der Waals surface area contributed by atoms with Gasteiger partial charge in [-0.05, 0) is 31.6 Å². The van der Waals surface area contributed by atoms with E-state index in [2.05, 4.69) is 6.92 Å². The highest BCUT2D eigenvalue weighted by Gasteiger charge is 2.36. The van der Waals surface area contributed by atoms with Crippen LogP contribution in [0.2, 0.25) is 0 Å². The molecule has 2 aliphatic heterocycles. The van der Waals surface area contributed by atoms with E-state index in [4.69, 9.17) is 5.11 Å². The van der Waals surface area contributed by atoms with Gasteiger partial charge < -0.3 is 14.9 Å². The molecule has 0 aliphatic carbocycles. The van der Waals surface area contributed by atoms with E-state index in [0.717, 1.165) is 38.3 Å². The third-order valence-electron chi connectivity index (χ3n) is 4.37. The summed E-state index contributed by atoms with van der Waals surface area (Å²) in [5, 5.41) is 9.13. The number of carboxylic acids is 1. The molecule has 0 bridgehead atoms. The van der Waals surface area contributed by atoms with Crippen LogP contribution in [0.15, 0.2) is 0 Å². The van der Waals surface area contributed by atoms with Crippen LogP contribution in [-0.2, 0) is 4.79 Å². The molecule has 2 aliphatic rings. The first-order chi connectivity index (χ1) is 9.13. The highest BCUT2D eigenvalue weighted by molar-refractivity contribution is 5.83. The highest BCUT2D eigenvalue weighted by Crippen LogP contribution is 2.25. The summed E-state index contributed by atoms with van der Waals surface area (Å²) in [6.07, 6.45) is 5.95. The molecule has 1 N–H and O–H groups in total. The van der Waals surface area contributed by atoms with Crippen molar-refractivity contribution >= 4 is 12.0 Å². The van der Waals surface area contributed by atoms with Crippen LogP contribution >= 0.6 is 0 Å². The zero-order chi connectivity index (χ0) is 13.8. The van der Waals surface area contributed by atoms with Gasteiger partial charge in [-0.1, -0.05) is 19.8 Å². The Hall–Kier alpha value is -1.26. The van der Waals surface area contributed by atoms with E-state index in [-0.39, 0.29) is 6.03 Å². The van der Waals surface area contributed by atoms with Crippen LogP contribution in [0.3, 0.4) is 0 Å². The van der Waals surface area contributed by atoms with Gasteiger partial charge in [0.05, 0.1) is 0 Å². The number of nitrogens with zero attached hydrogens (tertiary/aromatic N) is 2. The lowest BCUT2D eigenvalue weighted by atomic mass is 9.93. The topological polar surface area (TPSA) is 60.9 Å². The Labute approximate surface area is 114 Å². The Morgan fingerprint density at radius 3 is 2.42 bits per heavy atom. The van der Waals surface area contributed by atoms with Gasteiger partial charge in [0.1, 0.15) is 6.04 Å². The molecule has 0 aromatic heterocycles. The number of carbonyl (C=O) groups is 2. The zero-order valence-corrected chi connectivity index (χ0v) is 11.7. The second kappa shape index (κ2) is 6.26. The standard InChI is InChI=1S/C14H24N2O3/c1-2-4-11-6-9-15(10-7-11)14(19)16-8-3-5-12(16)13(17)18/h11-12H,2-10H2,1H3,(H,17,18). The Morgan fingerprint density at radius 2 is 1.84 bits per heavy atom. The molecule has 0 radical (unpaired) electrons. The molecule has 0 aromatic rings. The summed E-state index contributed by atoms with van der Waals surface area (Å²) in [6.45, 7) is 4.35. The Balaban J connectivity index is 1.89. The zero-order valence-electron chi connectivity index (χ0n) is 11.7. The van der Waals surface area contributed by atoms with Crippen molar-refractivity contribution in [3.05, 3.63) is 0 Å². The Kier molecular flexibility index (Phi) is 4.66. The van der Waals surface area contributed by atoms with Crippen LogP contribution in [0.25, 0.3) is 0 Å². The first kappa shape index (κ1) is 14.2. The molecular weight excluding hydrogens is 244 g/mol. The van der Waals surface area contributed by atoms with E-state index in [1.165, 1.54) is 12.8 Å². The maximum Gasteiger partial charge on any atom is 0.326 e. The summed E-state index contributed by atoms with van der Waals surface area (Å²) >= 11 is 0. The number of rotatable bonds is 3. The molecular formula is C14H24N2O3. The van der Waals surface area contributed by atoms with Gasteiger partial charge in [-0.15, -0.1) is 0 Å². The molecule has 2 rings (SSSR count). The number of likely N-dealkylation sites (tertiary alicyclic amines) is 2. The van der Waals surface area contributed by atoms with E-state index in [0.29, 0.717) is 13.0 Å². The quantitative estimate of drug-likeness (QED) is 0.853. The lowest BCUT2D eigenvalue weighted by Gasteiger charge is -2.35. The van der Waals surface area contributed by atoms with Gasteiger partial charge in [0.2, 0.25) is 0 Å². The minimum Gasteiger partial charge on any atom is -0.480 e. The summed E-state index contributed by atoms with van der Waals surface area (Å²) in [5.74, 6) is -0.130. The maximum atomic E-state index is 12.4. The monoisotopic (exact) mass is 268 g/mol. The minimum atomic E-state index is -0.869. The fourth-order valence-electron chi connectivity index (χ4n) is 3.26. The van der Waals surface area contributed by atoms with Crippen molar-refractivity contribution in [2.75, 3.05) is 19.6 Å². The van der Waals surface area contributed by atoms with Crippen molar-refractivity contribution in [2.45, 2.75) is 51.5 Å². The maximum absolute atomic E-state index is 12.4. The van der Waals surface area contributed by atoms with Crippen LogP contribution < -0.4 is 0 Å². The number of hydrogen-bond donors (Lipinski definition) is 1. The Bertz CT molecular complexity index is 338. The number of urea groups is 1. The fourth-order valence-corrected chi connectivity index (χ4v) is 3.26. The molecule has 1 atom stereocenters. The van der Waals surface area contributed by atoms with Gasteiger partial charge in [-0.25, -0.2) is 9.59 Å². The molecule has 2 fully saturated rings. The molecule has 0 aromatic carbocycles. The molecule has 2 saturated heterocycles.